The fraction of sp³-hybridized carbons (Fsp3) is 0.300. The third kappa shape index (κ3) is 2.46. The molecule has 0 bridgehead atoms. The Balaban J connectivity index is 1.63. The van der Waals surface area contributed by atoms with Crippen LogP contribution in [0, 0.1) is 5.41 Å². The molecular formula is C20H19N3O4. The second-order valence-corrected chi connectivity index (χ2v) is 7.48. The van der Waals surface area contributed by atoms with Gasteiger partial charge in [-0.1, -0.05) is 19.1 Å². The molecule has 3 aliphatic heterocycles. The molecule has 7 nitrogen and oxygen atoms in total. The SMILES string of the molecule is CC1(C=Cc2cnc3c(c2)[C@]2(COC(N)=N2)c2cc(O)ccc2O3)COC1. The zero-order valence-corrected chi connectivity index (χ0v) is 14.8. The van der Waals surface area contributed by atoms with Gasteiger partial charge in [-0.25, -0.2) is 9.98 Å². The van der Waals surface area contributed by atoms with Crippen molar-refractivity contribution in [3.63, 3.8) is 0 Å². The molecule has 3 aliphatic rings. The molecule has 27 heavy (non-hydrogen) atoms. The summed E-state index contributed by atoms with van der Waals surface area (Å²) in [5, 5.41) is 9.99. The molecule has 7 heteroatoms. The second kappa shape index (κ2) is 5.47. The minimum atomic E-state index is -0.883. The number of nitrogens with two attached hydrogens (primary N) is 1. The maximum absolute atomic E-state index is 9.99. The molecule has 1 fully saturated rings. The van der Waals surface area contributed by atoms with Gasteiger partial charge in [0.05, 0.1) is 18.8 Å². The number of pyridine rings is 1. The number of aromatic nitrogens is 1. The predicted molar refractivity (Wildman–Crippen MR) is 98.7 cm³/mol. The Morgan fingerprint density at radius 1 is 1.19 bits per heavy atom. The largest absolute Gasteiger partial charge is 0.508 e. The number of hydrogen-bond acceptors (Lipinski definition) is 7. The molecule has 3 N–H and O–H groups in total. The van der Waals surface area contributed by atoms with E-state index in [1.807, 2.05) is 12.1 Å². The molecule has 1 atom stereocenters. The summed E-state index contributed by atoms with van der Waals surface area (Å²) in [5.74, 6) is 1.17. The molecule has 4 heterocycles. The van der Waals surface area contributed by atoms with Crippen LogP contribution in [0.15, 0.2) is 41.5 Å². The molecule has 1 aromatic heterocycles. The lowest BCUT2D eigenvalue weighted by molar-refractivity contribution is -0.0703. The third-order valence-electron chi connectivity index (χ3n) is 5.20. The van der Waals surface area contributed by atoms with Crippen LogP contribution in [0.1, 0.15) is 23.6 Å². The van der Waals surface area contributed by atoms with Crippen LogP contribution in [-0.2, 0) is 15.0 Å². The van der Waals surface area contributed by atoms with E-state index in [0.717, 1.165) is 24.3 Å². The van der Waals surface area contributed by atoms with Gasteiger partial charge in [-0.05, 0) is 29.8 Å². The van der Waals surface area contributed by atoms with Crippen LogP contribution in [0.3, 0.4) is 0 Å². The van der Waals surface area contributed by atoms with Crippen molar-refractivity contribution in [1.29, 1.82) is 0 Å². The highest BCUT2D eigenvalue weighted by Crippen LogP contribution is 2.51. The molecule has 0 unspecified atom stereocenters. The number of hydrogen-bond donors (Lipinski definition) is 2. The van der Waals surface area contributed by atoms with Gasteiger partial charge in [0.1, 0.15) is 18.1 Å². The van der Waals surface area contributed by atoms with Crippen molar-refractivity contribution in [3.8, 4) is 17.4 Å². The van der Waals surface area contributed by atoms with E-state index in [-0.39, 0.29) is 23.8 Å². The molecule has 0 saturated carbocycles. The minimum Gasteiger partial charge on any atom is -0.508 e. The fourth-order valence-corrected chi connectivity index (χ4v) is 3.64. The lowest BCUT2D eigenvalue weighted by Crippen LogP contribution is -2.37. The Hall–Kier alpha value is -3.06. The summed E-state index contributed by atoms with van der Waals surface area (Å²) in [6, 6.07) is 7.00. The molecule has 138 valence electrons. The van der Waals surface area contributed by atoms with Crippen molar-refractivity contribution >= 4 is 12.1 Å². The lowest BCUT2D eigenvalue weighted by Gasteiger charge is -2.35. The maximum Gasteiger partial charge on any atom is 0.283 e. The van der Waals surface area contributed by atoms with Crippen LogP contribution in [0.4, 0.5) is 0 Å². The molecular weight excluding hydrogens is 346 g/mol. The number of aliphatic imine (C=N–C) groups is 1. The molecule has 2 aromatic rings. The summed E-state index contributed by atoms with van der Waals surface area (Å²) < 4.78 is 16.8. The molecule has 5 rings (SSSR count). The summed E-state index contributed by atoms with van der Waals surface area (Å²) in [6.07, 6.45) is 5.93. The standard InChI is InChI=1S/C20H19N3O4/c1-19(9-25-10-19)5-4-12-6-15-17(22-8-12)27-16-3-2-13(24)7-14(16)20(15)11-26-18(21)23-20/h2-8,24H,9-11H2,1H3,(H2,21,23)/t20-/m0/s1. The van der Waals surface area contributed by atoms with Crippen LogP contribution in [0.25, 0.3) is 6.08 Å². The van der Waals surface area contributed by atoms with E-state index in [1.54, 1.807) is 24.4 Å². The highest BCUT2D eigenvalue weighted by molar-refractivity contribution is 5.77. The van der Waals surface area contributed by atoms with Gasteiger partial charge in [0.2, 0.25) is 5.88 Å². The fourth-order valence-electron chi connectivity index (χ4n) is 3.64. The van der Waals surface area contributed by atoms with E-state index >= 15 is 0 Å². The zero-order chi connectivity index (χ0) is 18.6. The Morgan fingerprint density at radius 2 is 2.04 bits per heavy atom. The summed E-state index contributed by atoms with van der Waals surface area (Å²) in [6.45, 7) is 3.82. The number of amidine groups is 1. The number of aromatic hydroxyl groups is 1. The first kappa shape index (κ1) is 16.1. The average Bonchev–Trinajstić information content (AvgIpc) is 3.02. The van der Waals surface area contributed by atoms with E-state index in [4.69, 9.17) is 19.9 Å². The van der Waals surface area contributed by atoms with E-state index in [9.17, 15) is 5.11 Å². The zero-order valence-electron chi connectivity index (χ0n) is 14.8. The lowest BCUT2D eigenvalue weighted by atomic mass is 9.81. The van der Waals surface area contributed by atoms with Crippen LogP contribution in [-0.4, -0.2) is 35.9 Å². The number of ether oxygens (including phenoxy) is 3. The summed E-state index contributed by atoms with van der Waals surface area (Å²) in [5.41, 5.74) is 7.42. The molecule has 0 radical (unpaired) electrons. The number of rotatable bonds is 2. The van der Waals surface area contributed by atoms with E-state index in [0.29, 0.717) is 17.2 Å². The van der Waals surface area contributed by atoms with Crippen LogP contribution in [0.2, 0.25) is 0 Å². The van der Waals surface area contributed by atoms with E-state index in [2.05, 4.69) is 23.0 Å². The second-order valence-electron chi connectivity index (χ2n) is 7.48. The Bertz CT molecular complexity index is 997. The Morgan fingerprint density at radius 3 is 2.74 bits per heavy atom. The van der Waals surface area contributed by atoms with Gasteiger partial charge in [-0.2, -0.15) is 0 Å². The third-order valence-corrected chi connectivity index (χ3v) is 5.20. The first-order valence-electron chi connectivity index (χ1n) is 8.75. The van der Waals surface area contributed by atoms with Gasteiger partial charge in [-0.15, -0.1) is 0 Å². The quantitative estimate of drug-likeness (QED) is 0.848. The number of benzene rings is 1. The number of phenolic OH excluding ortho intramolecular Hbond substituents is 1. The first-order chi connectivity index (χ1) is 13.0. The molecule has 0 amide bonds. The number of phenols is 1. The van der Waals surface area contributed by atoms with Gasteiger partial charge in [0.15, 0.2) is 5.54 Å². The van der Waals surface area contributed by atoms with E-state index in [1.165, 1.54) is 0 Å². The van der Waals surface area contributed by atoms with Crippen molar-refractivity contribution in [3.05, 3.63) is 53.2 Å². The first-order valence-corrected chi connectivity index (χ1v) is 8.75. The number of nitrogens with zero attached hydrogens (tertiary/aromatic N) is 2. The maximum atomic E-state index is 9.99. The van der Waals surface area contributed by atoms with Crippen molar-refractivity contribution < 1.29 is 19.3 Å². The van der Waals surface area contributed by atoms with Crippen molar-refractivity contribution in [2.24, 2.45) is 16.1 Å². The van der Waals surface area contributed by atoms with E-state index < -0.39 is 5.54 Å². The summed E-state index contributed by atoms with van der Waals surface area (Å²) in [7, 11) is 0. The summed E-state index contributed by atoms with van der Waals surface area (Å²) >= 11 is 0. The normalized spacial score (nSPS) is 24.6. The molecule has 0 aliphatic carbocycles. The van der Waals surface area contributed by atoms with Gasteiger partial charge in [0.25, 0.3) is 6.02 Å². The van der Waals surface area contributed by atoms with Gasteiger partial charge < -0.3 is 25.1 Å². The van der Waals surface area contributed by atoms with Crippen LogP contribution >= 0.6 is 0 Å². The van der Waals surface area contributed by atoms with Gasteiger partial charge in [-0.3, -0.25) is 0 Å². The van der Waals surface area contributed by atoms with Crippen molar-refractivity contribution in [1.82, 2.24) is 4.98 Å². The highest BCUT2D eigenvalue weighted by atomic mass is 16.5. The Kier molecular flexibility index (Phi) is 3.27. The smallest absolute Gasteiger partial charge is 0.283 e. The monoisotopic (exact) mass is 365 g/mol. The topological polar surface area (TPSA) is 99.2 Å². The number of fused-ring (bicyclic) bond motifs is 4. The van der Waals surface area contributed by atoms with Crippen LogP contribution in [0.5, 0.6) is 17.4 Å². The van der Waals surface area contributed by atoms with Gasteiger partial charge >= 0.3 is 0 Å². The molecule has 1 aromatic carbocycles. The van der Waals surface area contributed by atoms with Gasteiger partial charge in [0, 0.05) is 17.2 Å². The highest BCUT2D eigenvalue weighted by Gasteiger charge is 2.47. The minimum absolute atomic E-state index is 0.0571. The molecule has 1 spiro atoms. The molecule has 1 saturated heterocycles. The van der Waals surface area contributed by atoms with Crippen molar-refractivity contribution in [2.75, 3.05) is 19.8 Å². The predicted octanol–water partition coefficient (Wildman–Crippen LogP) is 2.53. The van der Waals surface area contributed by atoms with Crippen LogP contribution < -0.4 is 10.5 Å². The summed E-state index contributed by atoms with van der Waals surface area (Å²) in [4.78, 5) is 9.07. The average molecular weight is 365 g/mol. The Labute approximate surface area is 156 Å². The van der Waals surface area contributed by atoms with Crippen molar-refractivity contribution in [2.45, 2.75) is 12.5 Å².